The molecule has 0 radical (unpaired) electrons. The van der Waals surface area contributed by atoms with E-state index in [1.165, 1.54) is 19.3 Å². The topological polar surface area (TPSA) is 56.8 Å². The lowest BCUT2D eigenvalue weighted by Gasteiger charge is -2.31. The summed E-state index contributed by atoms with van der Waals surface area (Å²) >= 11 is 6.89. The van der Waals surface area contributed by atoms with Crippen molar-refractivity contribution in [2.45, 2.75) is 44.1 Å². The Morgan fingerprint density at radius 3 is 2.76 bits per heavy atom. The summed E-state index contributed by atoms with van der Waals surface area (Å²) in [6.45, 7) is 0.519. The maximum atomic E-state index is 6.04. The number of aliphatic imine (C=N–C) groups is 1. The fourth-order valence-electron chi connectivity index (χ4n) is 2.84. The lowest BCUT2D eigenvalue weighted by Crippen LogP contribution is -2.33. The molecule has 1 atom stereocenters. The van der Waals surface area contributed by atoms with Crippen LogP contribution in [0, 0.1) is 0 Å². The summed E-state index contributed by atoms with van der Waals surface area (Å²) in [5.74, 6) is -0.385. The van der Waals surface area contributed by atoms with Crippen molar-refractivity contribution in [3.05, 3.63) is 26.6 Å². The fraction of sp³-hybridized carbons (Fsp3) is 0.533. The average Bonchev–Trinajstić information content (AvgIpc) is 2.85. The molecule has 1 heterocycles. The molecule has 1 aliphatic carbocycles. The van der Waals surface area contributed by atoms with Crippen LogP contribution in [0.4, 0.5) is 5.69 Å². The lowest BCUT2D eigenvalue weighted by molar-refractivity contribution is -0.186. The molecule has 1 aromatic rings. The normalized spacial score (nSPS) is 25.0. The predicted molar refractivity (Wildman–Crippen MR) is 90.5 cm³/mol. The van der Waals surface area contributed by atoms with Crippen molar-refractivity contribution >= 4 is 43.8 Å². The Balaban J connectivity index is 1.70. The molecule has 1 aliphatic heterocycles. The van der Waals surface area contributed by atoms with Crippen molar-refractivity contribution in [3.8, 4) is 0 Å². The molecule has 21 heavy (non-hydrogen) atoms. The molecule has 2 fully saturated rings. The first-order valence-electron chi connectivity index (χ1n) is 7.17. The quantitative estimate of drug-likeness (QED) is 0.578. The summed E-state index contributed by atoms with van der Waals surface area (Å²) in [6.07, 6.45) is 7.09. The number of nitrogens with zero attached hydrogens (tertiary/aromatic N) is 1. The summed E-state index contributed by atoms with van der Waals surface area (Å²) in [5.41, 5.74) is 7.58. The second-order valence-corrected chi connectivity index (χ2v) is 7.29. The van der Waals surface area contributed by atoms with Gasteiger partial charge in [0.25, 0.3) is 0 Å². The maximum Gasteiger partial charge on any atom is 0.174 e. The molecule has 0 bridgehead atoms. The van der Waals surface area contributed by atoms with E-state index >= 15 is 0 Å². The molecule has 0 amide bonds. The summed E-state index contributed by atoms with van der Waals surface area (Å²) in [5, 5.41) is 0. The van der Waals surface area contributed by atoms with E-state index in [0.29, 0.717) is 12.3 Å². The van der Waals surface area contributed by atoms with E-state index in [4.69, 9.17) is 15.2 Å². The number of nitrogens with two attached hydrogens (primary N) is 1. The SMILES string of the molecule is Nc1c(Br)cc(Br)cc1C=NC1COC2(CCCCC2)O1. The highest BCUT2D eigenvalue weighted by molar-refractivity contribution is 9.11. The molecule has 114 valence electrons. The van der Waals surface area contributed by atoms with Crippen LogP contribution >= 0.6 is 31.9 Å². The van der Waals surface area contributed by atoms with Crippen LogP contribution in [-0.4, -0.2) is 24.8 Å². The van der Waals surface area contributed by atoms with E-state index in [1.54, 1.807) is 6.21 Å². The number of hydrogen-bond donors (Lipinski definition) is 1. The van der Waals surface area contributed by atoms with Gasteiger partial charge in [-0.25, -0.2) is 0 Å². The zero-order valence-electron chi connectivity index (χ0n) is 11.6. The molecular weight excluding hydrogens is 400 g/mol. The number of hydrogen-bond acceptors (Lipinski definition) is 4. The summed E-state index contributed by atoms with van der Waals surface area (Å²) < 4.78 is 13.7. The summed E-state index contributed by atoms with van der Waals surface area (Å²) in [7, 11) is 0. The third-order valence-electron chi connectivity index (χ3n) is 3.96. The number of anilines is 1. The zero-order valence-corrected chi connectivity index (χ0v) is 14.8. The fourth-order valence-corrected chi connectivity index (χ4v) is 4.10. The predicted octanol–water partition coefficient (Wildman–Crippen LogP) is 4.25. The van der Waals surface area contributed by atoms with Crippen molar-refractivity contribution in [1.29, 1.82) is 0 Å². The number of benzene rings is 1. The van der Waals surface area contributed by atoms with E-state index in [1.807, 2.05) is 12.1 Å². The van der Waals surface area contributed by atoms with Crippen molar-refractivity contribution in [3.63, 3.8) is 0 Å². The van der Waals surface area contributed by atoms with Gasteiger partial charge in [-0.1, -0.05) is 22.4 Å². The van der Waals surface area contributed by atoms with Crippen molar-refractivity contribution in [2.24, 2.45) is 4.99 Å². The van der Waals surface area contributed by atoms with Gasteiger partial charge in [-0.05, 0) is 40.9 Å². The largest absolute Gasteiger partial charge is 0.397 e. The van der Waals surface area contributed by atoms with Crippen LogP contribution < -0.4 is 5.73 Å². The van der Waals surface area contributed by atoms with Crippen LogP contribution in [0.2, 0.25) is 0 Å². The Bertz CT molecular complexity index is 557. The van der Waals surface area contributed by atoms with E-state index in [0.717, 1.165) is 27.4 Å². The van der Waals surface area contributed by atoms with Crippen molar-refractivity contribution in [2.75, 3.05) is 12.3 Å². The number of halogens is 2. The average molecular weight is 418 g/mol. The first-order chi connectivity index (χ1) is 10.1. The Kier molecular flexibility index (Phi) is 4.69. The Morgan fingerprint density at radius 1 is 1.24 bits per heavy atom. The highest BCUT2D eigenvalue weighted by Crippen LogP contribution is 2.38. The minimum absolute atomic E-state index is 0.236. The third-order valence-corrected chi connectivity index (χ3v) is 5.08. The Labute approximate surface area is 141 Å². The molecular formula is C15H18Br2N2O2. The van der Waals surface area contributed by atoms with Crippen LogP contribution in [-0.2, 0) is 9.47 Å². The van der Waals surface area contributed by atoms with Crippen molar-refractivity contribution < 1.29 is 9.47 Å². The van der Waals surface area contributed by atoms with Gasteiger partial charge < -0.3 is 15.2 Å². The number of nitrogen functional groups attached to an aromatic ring is 1. The minimum atomic E-state index is -0.385. The first kappa shape index (κ1) is 15.5. The molecule has 1 unspecified atom stereocenters. The summed E-state index contributed by atoms with van der Waals surface area (Å²) in [6, 6.07) is 3.86. The van der Waals surface area contributed by atoms with Crippen molar-refractivity contribution in [1.82, 2.24) is 0 Å². The molecule has 1 saturated carbocycles. The molecule has 6 heteroatoms. The van der Waals surface area contributed by atoms with Gasteiger partial charge in [-0.2, -0.15) is 0 Å². The second kappa shape index (κ2) is 6.36. The lowest BCUT2D eigenvalue weighted by atomic mass is 9.94. The van der Waals surface area contributed by atoms with Gasteiger partial charge in [0.05, 0.1) is 12.3 Å². The number of rotatable bonds is 2. The standard InChI is InChI=1S/C15H18Br2N2O2/c16-11-6-10(14(18)12(17)7-11)8-19-13-9-20-15(21-13)4-2-1-3-5-15/h6-8,13H,1-5,9,18H2. The molecule has 1 spiro atoms. The van der Waals surface area contributed by atoms with Crippen LogP contribution in [0.3, 0.4) is 0 Å². The molecule has 1 saturated heterocycles. The minimum Gasteiger partial charge on any atom is -0.397 e. The first-order valence-corrected chi connectivity index (χ1v) is 8.76. The molecule has 2 N–H and O–H groups in total. The second-order valence-electron chi connectivity index (χ2n) is 5.52. The van der Waals surface area contributed by atoms with Gasteiger partial charge in [0.1, 0.15) is 0 Å². The van der Waals surface area contributed by atoms with Gasteiger partial charge in [-0.3, -0.25) is 4.99 Å². The molecule has 2 aliphatic rings. The highest BCUT2D eigenvalue weighted by atomic mass is 79.9. The van der Waals surface area contributed by atoms with Gasteiger partial charge in [0, 0.05) is 33.6 Å². The third kappa shape index (κ3) is 3.50. The molecule has 0 aromatic heterocycles. The highest BCUT2D eigenvalue weighted by Gasteiger charge is 2.42. The van der Waals surface area contributed by atoms with E-state index in [-0.39, 0.29) is 12.0 Å². The van der Waals surface area contributed by atoms with Gasteiger partial charge >= 0.3 is 0 Å². The molecule has 3 rings (SSSR count). The zero-order chi connectivity index (χ0) is 14.9. The Hall–Kier alpha value is -0.430. The smallest absolute Gasteiger partial charge is 0.174 e. The van der Waals surface area contributed by atoms with Gasteiger partial charge in [0.15, 0.2) is 12.0 Å². The van der Waals surface area contributed by atoms with E-state index in [9.17, 15) is 0 Å². The number of ether oxygens (including phenoxy) is 2. The van der Waals surface area contributed by atoms with Crippen LogP contribution in [0.5, 0.6) is 0 Å². The maximum absolute atomic E-state index is 6.04. The molecule has 1 aromatic carbocycles. The van der Waals surface area contributed by atoms with Crippen LogP contribution in [0.1, 0.15) is 37.7 Å². The van der Waals surface area contributed by atoms with Gasteiger partial charge in [-0.15, -0.1) is 0 Å². The van der Waals surface area contributed by atoms with Gasteiger partial charge in [0.2, 0.25) is 0 Å². The summed E-state index contributed by atoms with van der Waals surface area (Å²) in [4.78, 5) is 4.49. The van der Waals surface area contributed by atoms with E-state index in [2.05, 4.69) is 36.9 Å². The van der Waals surface area contributed by atoms with Crippen LogP contribution in [0.25, 0.3) is 0 Å². The van der Waals surface area contributed by atoms with E-state index < -0.39 is 0 Å². The monoisotopic (exact) mass is 416 g/mol. The molecule has 4 nitrogen and oxygen atoms in total. The Morgan fingerprint density at radius 2 is 2.00 bits per heavy atom. The van der Waals surface area contributed by atoms with Crippen LogP contribution in [0.15, 0.2) is 26.1 Å².